The normalized spacial score (nSPS) is 23.8. The molecular formula is C7H15NOS. The van der Waals surface area contributed by atoms with E-state index in [0.29, 0.717) is 5.25 Å². The Balaban J connectivity index is 2.56. The van der Waals surface area contributed by atoms with Gasteiger partial charge in [0.1, 0.15) is 0 Å². The fourth-order valence-electron chi connectivity index (χ4n) is 0.883. The van der Waals surface area contributed by atoms with Crippen molar-refractivity contribution in [1.29, 1.82) is 0 Å². The fourth-order valence-corrected chi connectivity index (χ4v) is 2.65. The molecule has 0 spiro atoms. The van der Waals surface area contributed by atoms with Crippen LogP contribution in [0.4, 0.5) is 0 Å². The molecule has 0 radical (unpaired) electrons. The molecule has 1 rings (SSSR count). The molecule has 60 valence electrons. The summed E-state index contributed by atoms with van der Waals surface area (Å²) in [4.78, 5) is 0. The maximum Gasteiger partial charge on any atom is 0.0481 e. The van der Waals surface area contributed by atoms with Gasteiger partial charge in [-0.3, -0.25) is 0 Å². The standard InChI is InChI=1S/C7H15NOS/c1-3-6-8-10(2,9)7-4-5-7/h7H,3-6H2,1-2H3. The predicted octanol–water partition coefficient (Wildman–Crippen LogP) is 1.66. The Morgan fingerprint density at radius 1 is 1.60 bits per heavy atom. The van der Waals surface area contributed by atoms with E-state index in [9.17, 15) is 4.21 Å². The number of hydrogen-bond acceptors (Lipinski definition) is 2. The first-order chi connectivity index (χ1) is 4.67. The van der Waals surface area contributed by atoms with E-state index in [1.807, 2.05) is 0 Å². The van der Waals surface area contributed by atoms with Crippen LogP contribution in [0.2, 0.25) is 0 Å². The minimum absolute atomic E-state index is 0.430. The summed E-state index contributed by atoms with van der Waals surface area (Å²) in [6, 6.07) is 0. The largest absolute Gasteiger partial charge is 0.250 e. The summed E-state index contributed by atoms with van der Waals surface area (Å²) in [6.07, 6.45) is 5.06. The Morgan fingerprint density at radius 3 is 2.60 bits per heavy atom. The molecule has 0 heterocycles. The smallest absolute Gasteiger partial charge is 0.0481 e. The van der Waals surface area contributed by atoms with E-state index in [1.165, 1.54) is 0 Å². The van der Waals surface area contributed by atoms with Gasteiger partial charge in [0.05, 0.1) is 0 Å². The van der Waals surface area contributed by atoms with E-state index in [1.54, 1.807) is 6.26 Å². The van der Waals surface area contributed by atoms with Gasteiger partial charge in [-0.2, -0.15) is 0 Å². The Bertz CT molecular complexity index is 212. The Morgan fingerprint density at radius 2 is 2.20 bits per heavy atom. The van der Waals surface area contributed by atoms with Crippen LogP contribution in [-0.4, -0.2) is 22.3 Å². The summed E-state index contributed by atoms with van der Waals surface area (Å²) in [7, 11) is -1.77. The average Bonchev–Trinajstić information content (AvgIpc) is 2.64. The van der Waals surface area contributed by atoms with Gasteiger partial charge in [-0.05, 0) is 19.3 Å². The van der Waals surface area contributed by atoms with Crippen LogP contribution < -0.4 is 0 Å². The van der Waals surface area contributed by atoms with E-state index >= 15 is 0 Å². The highest BCUT2D eigenvalue weighted by Gasteiger charge is 2.29. The predicted molar refractivity (Wildman–Crippen MR) is 44.7 cm³/mol. The van der Waals surface area contributed by atoms with Crippen molar-refractivity contribution >= 4 is 9.73 Å². The van der Waals surface area contributed by atoms with Crippen molar-refractivity contribution in [3.63, 3.8) is 0 Å². The number of nitrogens with zero attached hydrogens (tertiary/aromatic N) is 1. The van der Waals surface area contributed by atoms with Crippen molar-refractivity contribution in [3.05, 3.63) is 0 Å². The van der Waals surface area contributed by atoms with Crippen LogP contribution >= 0.6 is 0 Å². The average molecular weight is 161 g/mol. The van der Waals surface area contributed by atoms with Crippen molar-refractivity contribution in [2.45, 2.75) is 31.4 Å². The van der Waals surface area contributed by atoms with E-state index in [-0.39, 0.29) is 0 Å². The second-order valence-electron chi connectivity index (χ2n) is 2.91. The lowest BCUT2D eigenvalue weighted by atomic mass is 10.5. The van der Waals surface area contributed by atoms with Crippen molar-refractivity contribution in [3.8, 4) is 0 Å². The van der Waals surface area contributed by atoms with Crippen LogP contribution in [0, 0.1) is 0 Å². The highest BCUT2D eigenvalue weighted by atomic mass is 32.2. The molecule has 0 amide bonds. The summed E-state index contributed by atoms with van der Waals surface area (Å²) in [6.45, 7) is 2.83. The minimum Gasteiger partial charge on any atom is -0.250 e. The topological polar surface area (TPSA) is 29.4 Å². The second kappa shape index (κ2) is 2.91. The maximum atomic E-state index is 11.5. The van der Waals surface area contributed by atoms with Gasteiger partial charge >= 0.3 is 0 Å². The number of hydrogen-bond donors (Lipinski definition) is 0. The summed E-state index contributed by atoms with van der Waals surface area (Å²) < 4.78 is 15.7. The molecule has 0 aromatic carbocycles. The van der Waals surface area contributed by atoms with Crippen molar-refractivity contribution in [1.82, 2.24) is 0 Å². The molecule has 0 saturated heterocycles. The molecule has 0 aromatic rings. The Hall–Kier alpha value is -0.0500. The van der Waals surface area contributed by atoms with Crippen molar-refractivity contribution in [2.24, 2.45) is 4.36 Å². The minimum atomic E-state index is -1.77. The summed E-state index contributed by atoms with van der Waals surface area (Å²) in [5.41, 5.74) is 0. The van der Waals surface area contributed by atoms with Crippen LogP contribution in [0.15, 0.2) is 4.36 Å². The molecule has 2 nitrogen and oxygen atoms in total. The first-order valence-electron chi connectivity index (χ1n) is 3.83. The fraction of sp³-hybridized carbons (Fsp3) is 1.00. The van der Waals surface area contributed by atoms with E-state index in [0.717, 1.165) is 25.8 Å². The molecule has 1 saturated carbocycles. The Labute approximate surface area is 63.2 Å². The Kier molecular flexibility index (Phi) is 2.34. The van der Waals surface area contributed by atoms with Gasteiger partial charge in [-0.1, -0.05) is 6.92 Å². The highest BCUT2D eigenvalue weighted by molar-refractivity contribution is 7.93. The van der Waals surface area contributed by atoms with Crippen molar-refractivity contribution < 1.29 is 4.21 Å². The van der Waals surface area contributed by atoms with Crippen LogP contribution in [-0.2, 0) is 9.73 Å². The van der Waals surface area contributed by atoms with Gasteiger partial charge in [-0.25, -0.2) is 8.57 Å². The van der Waals surface area contributed by atoms with E-state index in [4.69, 9.17) is 0 Å². The zero-order valence-corrected chi connectivity index (χ0v) is 7.49. The SMILES string of the molecule is CCCN=S(C)(=O)C1CC1. The molecule has 0 aliphatic heterocycles. The molecule has 1 aliphatic carbocycles. The van der Waals surface area contributed by atoms with Gasteiger partial charge in [0.15, 0.2) is 0 Å². The molecule has 1 unspecified atom stereocenters. The number of rotatable bonds is 3. The molecule has 1 aliphatic rings. The molecular weight excluding hydrogens is 146 g/mol. The molecule has 1 atom stereocenters. The molecule has 10 heavy (non-hydrogen) atoms. The first-order valence-corrected chi connectivity index (χ1v) is 5.82. The van der Waals surface area contributed by atoms with Gasteiger partial charge in [0.25, 0.3) is 0 Å². The quantitative estimate of drug-likeness (QED) is 0.619. The molecule has 0 N–H and O–H groups in total. The maximum absolute atomic E-state index is 11.5. The highest BCUT2D eigenvalue weighted by Crippen LogP contribution is 2.28. The lowest BCUT2D eigenvalue weighted by molar-refractivity contribution is 0.677. The van der Waals surface area contributed by atoms with Gasteiger partial charge < -0.3 is 0 Å². The first kappa shape index (κ1) is 8.05. The zero-order chi connectivity index (χ0) is 7.61. The molecule has 1 fully saturated rings. The summed E-state index contributed by atoms with van der Waals surface area (Å²) in [5, 5.41) is 0.430. The van der Waals surface area contributed by atoms with Gasteiger partial charge in [-0.15, -0.1) is 0 Å². The van der Waals surface area contributed by atoms with Crippen molar-refractivity contribution in [2.75, 3.05) is 12.8 Å². The van der Waals surface area contributed by atoms with E-state index < -0.39 is 9.73 Å². The third kappa shape index (κ3) is 1.97. The molecule has 0 aromatic heterocycles. The van der Waals surface area contributed by atoms with Crippen LogP contribution in [0.3, 0.4) is 0 Å². The third-order valence-corrected chi connectivity index (χ3v) is 4.12. The van der Waals surface area contributed by atoms with Gasteiger partial charge in [0, 0.05) is 27.8 Å². The summed E-state index contributed by atoms with van der Waals surface area (Å²) >= 11 is 0. The molecule has 3 heteroatoms. The lowest BCUT2D eigenvalue weighted by Crippen LogP contribution is -2.03. The lowest BCUT2D eigenvalue weighted by Gasteiger charge is -1.98. The molecule has 0 bridgehead atoms. The summed E-state index contributed by atoms with van der Waals surface area (Å²) in [5.74, 6) is 0. The van der Waals surface area contributed by atoms with Gasteiger partial charge in [0.2, 0.25) is 0 Å². The van der Waals surface area contributed by atoms with Crippen LogP contribution in [0.5, 0.6) is 0 Å². The monoisotopic (exact) mass is 161 g/mol. The third-order valence-electron chi connectivity index (χ3n) is 1.71. The van der Waals surface area contributed by atoms with Crippen LogP contribution in [0.25, 0.3) is 0 Å². The second-order valence-corrected chi connectivity index (χ2v) is 5.56. The van der Waals surface area contributed by atoms with E-state index in [2.05, 4.69) is 11.3 Å². The van der Waals surface area contributed by atoms with Crippen LogP contribution in [0.1, 0.15) is 26.2 Å². The zero-order valence-electron chi connectivity index (χ0n) is 6.67.